The summed E-state index contributed by atoms with van der Waals surface area (Å²) in [5, 5.41) is 3.17. The maximum absolute atomic E-state index is 12.9. The molecule has 1 amide bonds. The molecule has 3 nitrogen and oxygen atoms in total. The number of benzene rings is 2. The average Bonchev–Trinajstić information content (AvgIpc) is 3.15. The molecule has 0 radical (unpaired) electrons. The van der Waals surface area contributed by atoms with E-state index < -0.39 is 0 Å². The number of hydrogen-bond acceptors (Lipinski definition) is 3. The molecule has 1 aliphatic heterocycles. The Hall–Kier alpha value is -1.78. The number of rotatable bonds is 6. The monoisotopic (exact) mass is 369 g/mol. The first-order valence-electron chi connectivity index (χ1n) is 9.26. The van der Waals surface area contributed by atoms with E-state index >= 15 is 0 Å². The Morgan fingerprint density at radius 1 is 1.27 bits per heavy atom. The van der Waals surface area contributed by atoms with Crippen LogP contribution >= 0.6 is 11.8 Å². The van der Waals surface area contributed by atoms with Crippen LogP contribution in [0.4, 0.5) is 0 Å². The lowest BCUT2D eigenvalue weighted by Gasteiger charge is -2.19. The van der Waals surface area contributed by atoms with Gasteiger partial charge in [-0.15, -0.1) is 11.8 Å². The van der Waals surface area contributed by atoms with E-state index in [4.69, 9.17) is 4.74 Å². The first-order valence-corrected chi connectivity index (χ1v) is 10.2. The molecule has 0 spiro atoms. The molecule has 0 aliphatic carbocycles. The second-order valence-electron chi connectivity index (χ2n) is 7.00. The van der Waals surface area contributed by atoms with E-state index in [0.29, 0.717) is 6.10 Å². The van der Waals surface area contributed by atoms with Crippen molar-refractivity contribution in [3.8, 4) is 0 Å². The van der Waals surface area contributed by atoms with Gasteiger partial charge in [-0.1, -0.05) is 35.9 Å². The van der Waals surface area contributed by atoms with Crippen LogP contribution in [0.25, 0.3) is 0 Å². The Labute approximate surface area is 160 Å². The first kappa shape index (κ1) is 19.0. The summed E-state index contributed by atoms with van der Waals surface area (Å²) in [5.74, 6) is 0.880. The summed E-state index contributed by atoms with van der Waals surface area (Å²) in [6.45, 7) is 7.07. The van der Waals surface area contributed by atoms with Gasteiger partial charge in [0.15, 0.2) is 0 Å². The van der Waals surface area contributed by atoms with Crippen LogP contribution in [0.15, 0.2) is 47.4 Å². The van der Waals surface area contributed by atoms with E-state index in [9.17, 15) is 4.79 Å². The lowest BCUT2D eigenvalue weighted by molar-refractivity contribution is 0.0936. The third kappa shape index (κ3) is 4.68. The summed E-state index contributed by atoms with van der Waals surface area (Å²) in [6.07, 6.45) is 2.57. The molecule has 1 N–H and O–H groups in total. The molecule has 0 saturated carbocycles. The molecule has 1 aliphatic rings. The van der Waals surface area contributed by atoms with E-state index in [1.165, 1.54) is 16.7 Å². The smallest absolute Gasteiger partial charge is 0.252 e. The minimum atomic E-state index is -0.0291. The van der Waals surface area contributed by atoms with Gasteiger partial charge < -0.3 is 10.1 Å². The number of ether oxygens (including phenoxy) is 1. The van der Waals surface area contributed by atoms with Crippen molar-refractivity contribution in [3.05, 3.63) is 64.7 Å². The highest BCUT2D eigenvalue weighted by Crippen LogP contribution is 2.27. The molecule has 1 saturated heterocycles. The lowest BCUT2D eigenvalue weighted by Crippen LogP contribution is -2.27. The van der Waals surface area contributed by atoms with Crippen LogP contribution in [0.3, 0.4) is 0 Å². The Morgan fingerprint density at radius 3 is 2.85 bits per heavy atom. The maximum atomic E-state index is 12.9. The van der Waals surface area contributed by atoms with Gasteiger partial charge in [0.05, 0.1) is 17.7 Å². The summed E-state index contributed by atoms with van der Waals surface area (Å²) in [4.78, 5) is 13.9. The van der Waals surface area contributed by atoms with Gasteiger partial charge in [0.2, 0.25) is 0 Å². The largest absolute Gasteiger partial charge is 0.377 e. The molecule has 138 valence electrons. The zero-order valence-electron chi connectivity index (χ0n) is 15.7. The number of aryl methyl sites for hydroxylation is 2. The van der Waals surface area contributed by atoms with Crippen molar-refractivity contribution in [3.63, 3.8) is 0 Å². The number of carbonyl (C=O) groups excluding carboxylic acids is 1. The van der Waals surface area contributed by atoms with Crippen LogP contribution in [0.5, 0.6) is 0 Å². The molecule has 2 aromatic carbocycles. The van der Waals surface area contributed by atoms with Gasteiger partial charge in [-0.3, -0.25) is 4.79 Å². The molecule has 2 atom stereocenters. The summed E-state index contributed by atoms with van der Waals surface area (Å²) in [5.41, 5.74) is 4.32. The van der Waals surface area contributed by atoms with Crippen molar-refractivity contribution >= 4 is 17.7 Å². The number of amides is 1. The predicted octanol–water partition coefficient (Wildman–Crippen LogP) is 5.07. The van der Waals surface area contributed by atoms with Crippen LogP contribution < -0.4 is 5.32 Å². The van der Waals surface area contributed by atoms with Gasteiger partial charge in [-0.2, -0.15) is 0 Å². The number of hydrogen-bond donors (Lipinski definition) is 1. The molecule has 2 aromatic rings. The summed E-state index contributed by atoms with van der Waals surface area (Å²) >= 11 is 1.72. The predicted molar refractivity (Wildman–Crippen MR) is 108 cm³/mol. The van der Waals surface area contributed by atoms with Gasteiger partial charge in [-0.25, -0.2) is 0 Å². The summed E-state index contributed by atoms with van der Waals surface area (Å²) in [7, 11) is 0. The summed E-state index contributed by atoms with van der Waals surface area (Å²) < 4.78 is 5.70. The second-order valence-corrected chi connectivity index (χ2v) is 8.06. The molecule has 3 rings (SSSR count). The van der Waals surface area contributed by atoms with Gasteiger partial charge >= 0.3 is 0 Å². The summed E-state index contributed by atoms with van der Waals surface area (Å²) in [6, 6.07) is 14.2. The van der Waals surface area contributed by atoms with Crippen molar-refractivity contribution < 1.29 is 9.53 Å². The minimum Gasteiger partial charge on any atom is -0.377 e. The zero-order valence-corrected chi connectivity index (χ0v) is 16.6. The fourth-order valence-corrected chi connectivity index (χ4v) is 4.44. The van der Waals surface area contributed by atoms with E-state index in [1.807, 2.05) is 31.2 Å². The highest BCUT2D eigenvalue weighted by Gasteiger charge is 2.19. The average molecular weight is 370 g/mol. The quantitative estimate of drug-likeness (QED) is 0.723. The van der Waals surface area contributed by atoms with E-state index in [0.717, 1.165) is 35.7 Å². The lowest BCUT2D eigenvalue weighted by atomic mass is 10.00. The Kier molecular flexibility index (Phi) is 6.38. The van der Waals surface area contributed by atoms with Crippen molar-refractivity contribution in [1.29, 1.82) is 0 Å². The molecule has 26 heavy (non-hydrogen) atoms. The van der Waals surface area contributed by atoms with Gasteiger partial charge in [-0.05, 0) is 56.9 Å². The third-order valence-electron chi connectivity index (χ3n) is 4.83. The molecular weight excluding hydrogens is 342 g/mol. The van der Waals surface area contributed by atoms with Crippen LogP contribution in [0, 0.1) is 13.8 Å². The standard InChI is InChI=1S/C22H27NO2S/c1-15-10-11-16(2)20(13-15)17(3)23-22(24)19-8-4-5-9-21(19)26-14-18-7-6-12-25-18/h4-5,8-11,13,17-18H,6-7,12,14H2,1-3H3,(H,23,24). The van der Waals surface area contributed by atoms with Crippen molar-refractivity contribution in [2.75, 3.05) is 12.4 Å². The van der Waals surface area contributed by atoms with Crippen LogP contribution in [-0.4, -0.2) is 24.4 Å². The van der Waals surface area contributed by atoms with E-state index in [2.05, 4.69) is 37.4 Å². The highest BCUT2D eigenvalue weighted by atomic mass is 32.2. The molecule has 0 bridgehead atoms. The molecule has 1 heterocycles. The normalized spacial score (nSPS) is 17.9. The Morgan fingerprint density at radius 2 is 2.08 bits per heavy atom. The maximum Gasteiger partial charge on any atom is 0.252 e. The Bertz CT molecular complexity index is 768. The Balaban J connectivity index is 1.70. The fraction of sp³-hybridized carbons (Fsp3) is 0.409. The van der Waals surface area contributed by atoms with Gasteiger partial charge in [0.25, 0.3) is 5.91 Å². The fourth-order valence-electron chi connectivity index (χ4n) is 3.32. The van der Waals surface area contributed by atoms with Crippen molar-refractivity contribution in [2.24, 2.45) is 0 Å². The highest BCUT2D eigenvalue weighted by molar-refractivity contribution is 7.99. The van der Waals surface area contributed by atoms with E-state index in [-0.39, 0.29) is 11.9 Å². The number of thioether (sulfide) groups is 1. The van der Waals surface area contributed by atoms with Crippen molar-refractivity contribution in [2.45, 2.75) is 50.7 Å². The van der Waals surface area contributed by atoms with Gasteiger partial charge in [0, 0.05) is 17.3 Å². The molecule has 1 fully saturated rings. The first-order chi connectivity index (χ1) is 12.5. The molecular formula is C22H27NO2S. The van der Waals surface area contributed by atoms with Gasteiger partial charge in [0.1, 0.15) is 0 Å². The minimum absolute atomic E-state index is 0.0196. The molecule has 2 unspecified atom stereocenters. The number of nitrogens with one attached hydrogen (secondary N) is 1. The third-order valence-corrected chi connectivity index (χ3v) is 6.03. The SMILES string of the molecule is Cc1ccc(C)c(C(C)NC(=O)c2ccccc2SCC2CCCO2)c1. The van der Waals surface area contributed by atoms with E-state index in [1.54, 1.807) is 11.8 Å². The van der Waals surface area contributed by atoms with Crippen LogP contribution in [-0.2, 0) is 4.74 Å². The second kappa shape index (κ2) is 8.74. The molecule has 0 aromatic heterocycles. The van der Waals surface area contributed by atoms with Crippen LogP contribution in [0.1, 0.15) is 52.9 Å². The topological polar surface area (TPSA) is 38.3 Å². The van der Waals surface area contributed by atoms with Crippen molar-refractivity contribution in [1.82, 2.24) is 5.32 Å². The van der Waals surface area contributed by atoms with Crippen LogP contribution in [0.2, 0.25) is 0 Å². The molecule has 4 heteroatoms. The number of carbonyl (C=O) groups is 1. The zero-order chi connectivity index (χ0) is 18.5.